The molecule has 0 saturated carbocycles. The fraction of sp³-hybridized carbons (Fsp3) is 0.562. The van der Waals surface area contributed by atoms with E-state index in [9.17, 15) is 9.90 Å². The topological polar surface area (TPSA) is 49.4 Å². The van der Waals surface area contributed by atoms with Crippen LogP contribution in [-0.2, 0) is 5.33 Å². The second-order valence-electron chi connectivity index (χ2n) is 4.87. The predicted molar refractivity (Wildman–Crippen MR) is 82.3 cm³/mol. The van der Waals surface area contributed by atoms with Crippen molar-refractivity contribution in [2.45, 2.75) is 50.8 Å². The first-order valence-corrected chi connectivity index (χ1v) is 8.34. The van der Waals surface area contributed by atoms with Crippen LogP contribution in [0.2, 0.25) is 0 Å². The van der Waals surface area contributed by atoms with Gasteiger partial charge in [-0.05, 0) is 24.1 Å². The van der Waals surface area contributed by atoms with Crippen molar-refractivity contribution in [3.8, 4) is 5.75 Å². The quantitative estimate of drug-likeness (QED) is 0.340. The summed E-state index contributed by atoms with van der Waals surface area (Å²) in [5.74, 6) is -0.778. The second-order valence-corrected chi connectivity index (χ2v) is 5.43. The first kappa shape index (κ1) is 21.6. The zero-order chi connectivity index (χ0) is 14.8. The van der Waals surface area contributed by atoms with Gasteiger partial charge in [-0.15, -0.1) is 0 Å². The Balaban J connectivity index is 0.00000400. The predicted octanol–water partition coefficient (Wildman–Crippen LogP) is 0.688. The molecule has 0 radical (unpaired) electrons. The number of aromatic carboxylic acids is 1. The van der Waals surface area contributed by atoms with Gasteiger partial charge in [0.15, 0.2) is 0 Å². The van der Waals surface area contributed by atoms with Gasteiger partial charge in [0.05, 0.1) is 12.6 Å². The van der Waals surface area contributed by atoms with Crippen LogP contribution in [0, 0.1) is 0 Å². The fourth-order valence-electron chi connectivity index (χ4n) is 2.00. The Morgan fingerprint density at radius 1 is 1.19 bits per heavy atom. The summed E-state index contributed by atoms with van der Waals surface area (Å²) in [5, 5.41) is 11.7. The monoisotopic (exact) mass is 380 g/mol. The molecule has 0 unspecified atom stereocenters. The summed E-state index contributed by atoms with van der Waals surface area (Å²) in [6.45, 7) is 2.75. The van der Waals surface area contributed by atoms with Crippen LogP contribution in [0.1, 0.15) is 61.4 Å². The number of carboxylic acids is 1. The second kappa shape index (κ2) is 13.1. The summed E-state index contributed by atoms with van der Waals surface area (Å²) in [5.41, 5.74) is 1.12. The van der Waals surface area contributed by atoms with Gasteiger partial charge in [-0.1, -0.05) is 61.0 Å². The molecule has 0 spiro atoms. The first-order chi connectivity index (χ1) is 9.69. The molecule has 0 N–H and O–H groups in total. The van der Waals surface area contributed by atoms with E-state index in [-0.39, 0.29) is 56.9 Å². The van der Waals surface area contributed by atoms with E-state index < -0.39 is 5.97 Å². The molecule has 1 rings (SSSR count). The van der Waals surface area contributed by atoms with Gasteiger partial charge in [-0.2, -0.15) is 0 Å². The Bertz CT molecular complexity index is 424. The number of halogens is 1. The maximum absolute atomic E-state index is 11.0. The fourth-order valence-corrected chi connectivity index (χ4v) is 2.35. The Hall–Kier alpha value is 0.606. The molecular weight excluding hydrogens is 359 g/mol. The van der Waals surface area contributed by atoms with Crippen molar-refractivity contribution in [3.63, 3.8) is 0 Å². The van der Waals surface area contributed by atoms with Crippen LogP contribution in [0.3, 0.4) is 0 Å². The molecule has 0 atom stereocenters. The normalized spacial score (nSPS) is 10.0. The summed E-state index contributed by atoms with van der Waals surface area (Å²) in [6, 6.07) is 5.07. The average molecular weight is 381 g/mol. The van der Waals surface area contributed by atoms with Crippen molar-refractivity contribution in [3.05, 3.63) is 29.3 Å². The number of carbonyl (C=O) groups is 1. The van der Waals surface area contributed by atoms with Crippen LogP contribution in [0.15, 0.2) is 18.2 Å². The van der Waals surface area contributed by atoms with Crippen molar-refractivity contribution >= 4 is 21.9 Å². The minimum atomic E-state index is -1.19. The van der Waals surface area contributed by atoms with Gasteiger partial charge in [-0.25, -0.2) is 0 Å². The number of rotatable bonds is 10. The third kappa shape index (κ3) is 8.72. The number of carbonyl (C=O) groups excluding carboxylic acids is 1. The van der Waals surface area contributed by atoms with Crippen LogP contribution in [0.5, 0.6) is 5.75 Å². The molecule has 21 heavy (non-hydrogen) atoms. The van der Waals surface area contributed by atoms with Crippen LogP contribution >= 0.6 is 15.9 Å². The van der Waals surface area contributed by atoms with Gasteiger partial charge < -0.3 is 14.6 Å². The molecule has 112 valence electrons. The van der Waals surface area contributed by atoms with E-state index in [1.165, 1.54) is 25.7 Å². The van der Waals surface area contributed by atoms with Crippen molar-refractivity contribution in [2.24, 2.45) is 0 Å². The Morgan fingerprint density at radius 3 is 2.48 bits per heavy atom. The Labute approximate surface area is 178 Å². The standard InChI is InChI=1S/C16H23BrO3.K/c1-2-3-4-5-6-7-10-20-15-11-13(12-17)8-9-14(15)16(18)19;/h8-9,11H,2-7,10,12H2,1H3,(H,18,19);/q;+1/p-1. The average Bonchev–Trinajstić information content (AvgIpc) is 2.45. The molecule has 0 aliphatic heterocycles. The number of carboxylic acid groups (broad SMARTS) is 1. The third-order valence-electron chi connectivity index (χ3n) is 3.18. The molecule has 3 nitrogen and oxygen atoms in total. The smallest absolute Gasteiger partial charge is 0.545 e. The van der Waals surface area contributed by atoms with Crippen LogP contribution in [0.4, 0.5) is 0 Å². The molecule has 0 amide bonds. The molecule has 1 aromatic rings. The van der Waals surface area contributed by atoms with Crippen LogP contribution in [-0.4, -0.2) is 12.6 Å². The molecule has 0 aromatic heterocycles. The zero-order valence-corrected chi connectivity index (χ0v) is 17.7. The van der Waals surface area contributed by atoms with Crippen molar-refractivity contribution in [2.75, 3.05) is 6.61 Å². The first-order valence-electron chi connectivity index (χ1n) is 7.22. The van der Waals surface area contributed by atoms with Crippen molar-refractivity contribution in [1.82, 2.24) is 0 Å². The minimum Gasteiger partial charge on any atom is -0.545 e. The molecule has 1 aromatic carbocycles. The van der Waals surface area contributed by atoms with E-state index in [1.54, 1.807) is 18.2 Å². The summed E-state index contributed by atoms with van der Waals surface area (Å²) in [7, 11) is 0. The largest absolute Gasteiger partial charge is 1.00 e. The molecule has 0 heterocycles. The van der Waals surface area contributed by atoms with E-state index in [0.29, 0.717) is 17.7 Å². The summed E-state index contributed by atoms with van der Waals surface area (Å²) >= 11 is 3.35. The van der Waals surface area contributed by atoms with E-state index in [4.69, 9.17) is 4.74 Å². The number of benzene rings is 1. The number of hydrogen-bond acceptors (Lipinski definition) is 3. The van der Waals surface area contributed by atoms with Gasteiger partial charge in [-0.3, -0.25) is 0 Å². The van der Waals surface area contributed by atoms with Gasteiger partial charge in [0.25, 0.3) is 0 Å². The molecule has 0 bridgehead atoms. The Kier molecular flexibility index (Phi) is 13.5. The van der Waals surface area contributed by atoms with E-state index in [0.717, 1.165) is 18.4 Å². The maximum atomic E-state index is 11.0. The number of ether oxygens (including phenoxy) is 1. The van der Waals surface area contributed by atoms with Gasteiger partial charge in [0.2, 0.25) is 0 Å². The molecule has 0 saturated heterocycles. The Morgan fingerprint density at radius 2 is 1.86 bits per heavy atom. The number of hydrogen-bond donors (Lipinski definition) is 0. The van der Waals surface area contributed by atoms with Gasteiger partial charge >= 0.3 is 51.4 Å². The summed E-state index contributed by atoms with van der Waals surface area (Å²) in [4.78, 5) is 11.0. The van der Waals surface area contributed by atoms with Crippen LogP contribution in [0.25, 0.3) is 0 Å². The molecule has 0 aliphatic carbocycles. The van der Waals surface area contributed by atoms with Crippen molar-refractivity contribution in [1.29, 1.82) is 0 Å². The van der Waals surface area contributed by atoms with Gasteiger partial charge in [0.1, 0.15) is 5.75 Å². The van der Waals surface area contributed by atoms with Gasteiger partial charge in [0, 0.05) is 10.9 Å². The molecule has 0 fully saturated rings. The summed E-state index contributed by atoms with van der Waals surface area (Å²) < 4.78 is 5.61. The molecular formula is C16H22BrKO3. The maximum Gasteiger partial charge on any atom is 1.00 e. The van der Waals surface area contributed by atoms with Crippen LogP contribution < -0.4 is 61.2 Å². The molecule has 5 heteroatoms. The van der Waals surface area contributed by atoms with E-state index in [1.807, 2.05) is 0 Å². The summed E-state index contributed by atoms with van der Waals surface area (Å²) in [6.07, 6.45) is 7.08. The van der Waals surface area contributed by atoms with E-state index >= 15 is 0 Å². The van der Waals surface area contributed by atoms with Crippen molar-refractivity contribution < 1.29 is 66.0 Å². The molecule has 0 aliphatic rings. The number of unbranched alkanes of at least 4 members (excludes halogenated alkanes) is 5. The minimum absolute atomic E-state index is 0. The number of alkyl halides is 1. The SMILES string of the molecule is CCCCCCCCOc1cc(CBr)ccc1C(=O)[O-].[K+]. The zero-order valence-electron chi connectivity index (χ0n) is 13.0. The van der Waals surface area contributed by atoms with E-state index in [2.05, 4.69) is 22.9 Å². The third-order valence-corrected chi connectivity index (χ3v) is 3.82.